The Balaban J connectivity index is 3.36. The number of allylic oxidation sites excluding steroid dienone is 1. The van der Waals surface area contributed by atoms with Crippen molar-refractivity contribution >= 4 is 28.9 Å². The standard InChI is InChI=1S/C12H19IO/c1-2-3-4-5-6-7-9-12(13)10-8-11-14/h8,11H,2-7,9H2,1H3. The molecule has 0 fully saturated rings. The molecule has 0 radical (unpaired) electrons. The van der Waals surface area contributed by atoms with Crippen molar-refractivity contribution in [1.29, 1.82) is 0 Å². The van der Waals surface area contributed by atoms with Gasteiger partial charge in [0.05, 0.1) is 0 Å². The summed E-state index contributed by atoms with van der Waals surface area (Å²) in [5.41, 5.74) is 2.94. The first-order valence-corrected chi connectivity index (χ1v) is 6.44. The maximum Gasteiger partial charge on any atom is 0.150 e. The normalized spacial score (nSPS) is 9.29. The highest BCUT2D eigenvalue weighted by Gasteiger charge is 1.92. The molecule has 0 bridgehead atoms. The molecule has 0 saturated carbocycles. The zero-order valence-electron chi connectivity index (χ0n) is 8.89. The van der Waals surface area contributed by atoms with Crippen LogP contribution in [-0.2, 0) is 4.79 Å². The van der Waals surface area contributed by atoms with Crippen molar-refractivity contribution in [3.8, 4) is 0 Å². The van der Waals surface area contributed by atoms with Crippen LogP contribution in [0.1, 0.15) is 51.9 Å². The summed E-state index contributed by atoms with van der Waals surface area (Å²) in [5, 5.41) is 0. The summed E-state index contributed by atoms with van der Waals surface area (Å²) in [7, 11) is 0. The van der Waals surface area contributed by atoms with E-state index in [1.165, 1.54) is 44.6 Å². The summed E-state index contributed by atoms with van der Waals surface area (Å²) in [6.07, 6.45) is 11.2. The maximum absolute atomic E-state index is 10.0. The van der Waals surface area contributed by atoms with Gasteiger partial charge in [-0.1, -0.05) is 39.0 Å². The van der Waals surface area contributed by atoms with Gasteiger partial charge in [-0.25, -0.2) is 0 Å². The van der Waals surface area contributed by atoms with E-state index in [0.29, 0.717) is 0 Å². The number of rotatable bonds is 8. The first-order chi connectivity index (χ1) is 6.81. The molecule has 0 amide bonds. The van der Waals surface area contributed by atoms with Crippen molar-refractivity contribution < 1.29 is 4.79 Å². The largest absolute Gasteiger partial charge is 0.298 e. The van der Waals surface area contributed by atoms with Crippen molar-refractivity contribution in [1.82, 2.24) is 0 Å². The second-order valence-corrected chi connectivity index (χ2v) is 4.67. The van der Waals surface area contributed by atoms with Crippen LogP contribution in [0.15, 0.2) is 15.4 Å². The van der Waals surface area contributed by atoms with Gasteiger partial charge in [0.25, 0.3) is 0 Å². The Morgan fingerprint density at radius 1 is 1.21 bits per heavy atom. The smallest absolute Gasteiger partial charge is 0.150 e. The molecule has 0 aromatic rings. The Hall–Kier alpha value is -0.0800. The van der Waals surface area contributed by atoms with Crippen molar-refractivity contribution in [2.24, 2.45) is 0 Å². The van der Waals surface area contributed by atoms with Gasteiger partial charge in [-0.05, 0) is 35.4 Å². The Kier molecular flexibility index (Phi) is 10.9. The van der Waals surface area contributed by atoms with Crippen molar-refractivity contribution in [3.05, 3.63) is 15.4 Å². The molecule has 2 heteroatoms. The minimum atomic E-state index is 0.778. The van der Waals surface area contributed by atoms with E-state index in [0.717, 1.165) is 16.3 Å². The number of aldehydes is 1. The molecule has 0 N–H and O–H groups in total. The zero-order chi connectivity index (χ0) is 10.6. The molecule has 0 aliphatic heterocycles. The van der Waals surface area contributed by atoms with E-state index in [9.17, 15) is 4.79 Å². The summed E-state index contributed by atoms with van der Waals surface area (Å²) in [6, 6.07) is 0. The van der Waals surface area contributed by atoms with Crippen LogP contribution in [0.25, 0.3) is 0 Å². The summed E-state index contributed by atoms with van der Waals surface area (Å²) in [6.45, 7) is 2.23. The molecule has 0 saturated heterocycles. The lowest BCUT2D eigenvalue weighted by molar-refractivity contribution is -0.104. The van der Waals surface area contributed by atoms with Gasteiger partial charge in [0, 0.05) is 9.66 Å². The molecule has 0 rings (SSSR count). The second-order valence-electron chi connectivity index (χ2n) is 3.37. The van der Waals surface area contributed by atoms with E-state index in [2.05, 4.69) is 35.2 Å². The van der Waals surface area contributed by atoms with Gasteiger partial charge in [0.2, 0.25) is 0 Å². The lowest BCUT2D eigenvalue weighted by Gasteiger charge is -1.98. The number of carbonyl (C=O) groups is 1. The molecule has 0 aromatic carbocycles. The van der Waals surface area contributed by atoms with Crippen LogP contribution in [0.2, 0.25) is 0 Å². The predicted molar refractivity (Wildman–Crippen MR) is 69.7 cm³/mol. The van der Waals surface area contributed by atoms with Crippen LogP contribution in [0.5, 0.6) is 0 Å². The first-order valence-electron chi connectivity index (χ1n) is 5.36. The van der Waals surface area contributed by atoms with Crippen LogP contribution >= 0.6 is 22.6 Å². The van der Waals surface area contributed by atoms with Crippen LogP contribution in [0.3, 0.4) is 0 Å². The van der Waals surface area contributed by atoms with E-state index in [1.54, 1.807) is 0 Å². The van der Waals surface area contributed by atoms with Crippen LogP contribution in [-0.4, -0.2) is 6.29 Å². The lowest BCUT2D eigenvalue weighted by Crippen LogP contribution is -1.79. The summed E-state index contributed by atoms with van der Waals surface area (Å²) in [4.78, 5) is 10.0. The molecule has 0 aliphatic rings. The minimum absolute atomic E-state index is 0.778. The van der Waals surface area contributed by atoms with Crippen molar-refractivity contribution in [3.63, 3.8) is 0 Å². The molecule has 0 unspecified atom stereocenters. The van der Waals surface area contributed by atoms with Gasteiger partial charge in [-0.15, -0.1) is 5.73 Å². The van der Waals surface area contributed by atoms with E-state index in [-0.39, 0.29) is 0 Å². The van der Waals surface area contributed by atoms with E-state index >= 15 is 0 Å². The average molecular weight is 306 g/mol. The summed E-state index contributed by atoms with van der Waals surface area (Å²) >= 11 is 2.25. The van der Waals surface area contributed by atoms with Gasteiger partial charge in [0.15, 0.2) is 6.29 Å². The fourth-order valence-corrected chi connectivity index (χ4v) is 1.82. The number of carbonyl (C=O) groups excluding carboxylic acids is 1. The van der Waals surface area contributed by atoms with E-state index in [1.807, 2.05) is 0 Å². The first kappa shape index (κ1) is 13.9. The fraction of sp³-hybridized carbons (Fsp3) is 0.667. The summed E-state index contributed by atoms with van der Waals surface area (Å²) < 4.78 is 1.16. The molecule has 0 atom stereocenters. The molecule has 0 aliphatic carbocycles. The topological polar surface area (TPSA) is 17.1 Å². The third-order valence-electron chi connectivity index (χ3n) is 2.06. The molecular formula is C12H19IO. The fourth-order valence-electron chi connectivity index (χ4n) is 1.26. The summed E-state index contributed by atoms with van der Waals surface area (Å²) in [5.74, 6) is 0. The van der Waals surface area contributed by atoms with Gasteiger partial charge in [-0.3, -0.25) is 4.79 Å². The Morgan fingerprint density at radius 3 is 2.50 bits per heavy atom. The van der Waals surface area contributed by atoms with Gasteiger partial charge in [0.1, 0.15) is 0 Å². The number of hydrogen-bond donors (Lipinski definition) is 0. The molecule has 0 aromatic heterocycles. The SMILES string of the molecule is CCCCCCCCC(I)=C=CC=O. The molecule has 1 nitrogen and oxygen atoms in total. The van der Waals surface area contributed by atoms with Crippen LogP contribution < -0.4 is 0 Å². The highest BCUT2D eigenvalue weighted by Crippen LogP contribution is 2.15. The Bertz CT molecular complexity index is 202. The number of halogens is 1. The van der Waals surface area contributed by atoms with E-state index < -0.39 is 0 Å². The number of hydrogen-bond acceptors (Lipinski definition) is 1. The minimum Gasteiger partial charge on any atom is -0.298 e. The van der Waals surface area contributed by atoms with Crippen molar-refractivity contribution in [2.45, 2.75) is 51.9 Å². The lowest BCUT2D eigenvalue weighted by atomic mass is 10.1. The van der Waals surface area contributed by atoms with Gasteiger partial charge < -0.3 is 0 Å². The Labute approximate surface area is 101 Å². The Morgan fingerprint density at radius 2 is 1.86 bits per heavy atom. The predicted octanol–water partition coefficient (Wildman–Crippen LogP) is 4.41. The molecule has 0 heterocycles. The molecule has 0 spiro atoms. The second kappa shape index (κ2) is 11.0. The molecule has 80 valence electrons. The van der Waals surface area contributed by atoms with Gasteiger partial charge in [-0.2, -0.15) is 0 Å². The zero-order valence-corrected chi connectivity index (χ0v) is 11.0. The molecular weight excluding hydrogens is 287 g/mol. The third-order valence-corrected chi connectivity index (χ3v) is 2.91. The highest BCUT2D eigenvalue weighted by atomic mass is 127. The van der Waals surface area contributed by atoms with Crippen LogP contribution in [0.4, 0.5) is 0 Å². The van der Waals surface area contributed by atoms with Crippen molar-refractivity contribution in [2.75, 3.05) is 0 Å². The molecule has 14 heavy (non-hydrogen) atoms. The number of unbranched alkanes of at least 4 members (excludes halogenated alkanes) is 5. The quantitative estimate of drug-likeness (QED) is 0.213. The van der Waals surface area contributed by atoms with Gasteiger partial charge >= 0.3 is 0 Å². The third kappa shape index (κ3) is 10.0. The maximum atomic E-state index is 10.0. The van der Waals surface area contributed by atoms with E-state index in [4.69, 9.17) is 0 Å². The highest BCUT2D eigenvalue weighted by molar-refractivity contribution is 14.1. The van der Waals surface area contributed by atoms with Crippen LogP contribution in [0, 0.1) is 0 Å². The monoisotopic (exact) mass is 306 g/mol. The average Bonchev–Trinajstić information content (AvgIpc) is 2.20.